The van der Waals surface area contributed by atoms with Crippen LogP contribution in [0, 0.1) is 5.82 Å². The van der Waals surface area contributed by atoms with Gasteiger partial charge in [0.2, 0.25) is 0 Å². The largest absolute Gasteiger partial charge is 0.546 e. The van der Waals surface area contributed by atoms with Gasteiger partial charge in [-0.15, -0.1) is 0 Å². The fourth-order valence-corrected chi connectivity index (χ4v) is 2.22. The quantitative estimate of drug-likeness (QED) is 0.438. The maximum atomic E-state index is 13.6. The number of thiocarbonyl (C=S) groups is 1. The maximum Gasteiger partial charge on any atom is 0.191 e. The fourth-order valence-electron chi connectivity index (χ4n) is 2.06. The Morgan fingerprint density at radius 2 is 1.92 bits per heavy atom. The van der Waals surface area contributed by atoms with Crippen molar-refractivity contribution >= 4 is 34.7 Å². The van der Waals surface area contributed by atoms with E-state index < -0.39 is 18.4 Å². The number of rotatable bonds is 7. The Morgan fingerprint density at radius 3 is 2.54 bits per heavy atom. The van der Waals surface area contributed by atoms with E-state index in [9.17, 15) is 14.3 Å². The maximum absolute atomic E-state index is 13.6. The summed E-state index contributed by atoms with van der Waals surface area (Å²) in [5, 5.41) is 17.5. The number of nitrogens with one attached hydrogen (secondary N) is 2. The summed E-state index contributed by atoms with van der Waals surface area (Å²) in [6.45, 7) is 1.42. The summed E-state index contributed by atoms with van der Waals surface area (Å²) in [7, 11) is 0. The molecule has 0 radical (unpaired) electrons. The van der Waals surface area contributed by atoms with E-state index in [0.717, 1.165) is 5.56 Å². The molecule has 0 aliphatic carbocycles. The van der Waals surface area contributed by atoms with Gasteiger partial charge < -0.3 is 20.0 Å². The first-order valence-corrected chi connectivity index (χ1v) is 8.21. The molecule has 0 atom stereocenters. The van der Waals surface area contributed by atoms with Crippen LogP contribution < -0.4 is 20.6 Å². The number of hydrogen-bond donors (Lipinski definition) is 2. The topological polar surface area (TPSA) is 85.8 Å². The predicted octanol–water partition coefficient (Wildman–Crippen LogP) is 2.06. The van der Waals surface area contributed by atoms with Gasteiger partial charge in [-0.05, 0) is 60.6 Å². The molecule has 0 amide bonds. The molecule has 0 spiro atoms. The van der Waals surface area contributed by atoms with E-state index in [1.807, 2.05) is 6.92 Å². The molecule has 0 bridgehead atoms. The van der Waals surface area contributed by atoms with Crippen LogP contribution in [0.15, 0.2) is 53.6 Å². The monoisotopic (exact) mass is 374 g/mol. The van der Waals surface area contributed by atoms with Gasteiger partial charge in [0.25, 0.3) is 0 Å². The number of aliphatic carboxylic acids is 1. The molecular formula is C18H17FN3O3S-. The molecule has 0 saturated carbocycles. The molecule has 0 fully saturated rings. The third-order valence-corrected chi connectivity index (χ3v) is 3.49. The lowest BCUT2D eigenvalue weighted by Gasteiger charge is -2.10. The molecular weight excluding hydrogens is 357 g/mol. The van der Waals surface area contributed by atoms with Crippen molar-refractivity contribution in [1.29, 1.82) is 0 Å². The van der Waals surface area contributed by atoms with Crippen LogP contribution in [0.4, 0.5) is 10.1 Å². The van der Waals surface area contributed by atoms with Crippen LogP contribution in [0.1, 0.15) is 18.9 Å². The zero-order chi connectivity index (χ0) is 18.9. The molecule has 0 aliphatic rings. The van der Waals surface area contributed by atoms with Crippen LogP contribution in [-0.2, 0) is 4.79 Å². The number of benzene rings is 2. The van der Waals surface area contributed by atoms with Crippen molar-refractivity contribution in [3.8, 4) is 5.75 Å². The van der Waals surface area contributed by atoms with E-state index in [-0.39, 0.29) is 10.8 Å². The second-order valence-electron chi connectivity index (χ2n) is 5.14. The minimum Gasteiger partial charge on any atom is -0.546 e. The molecule has 0 unspecified atom stereocenters. The van der Waals surface area contributed by atoms with Crippen LogP contribution >= 0.6 is 12.2 Å². The SMILES string of the molecule is CC/C(=N/NC(=S)Nc1ccccc1F)c1ccc(OCC(=O)[O-])cc1. The van der Waals surface area contributed by atoms with Gasteiger partial charge in [0.05, 0.1) is 17.4 Å². The van der Waals surface area contributed by atoms with Crippen molar-refractivity contribution in [2.45, 2.75) is 13.3 Å². The molecule has 0 aromatic heterocycles. The summed E-state index contributed by atoms with van der Waals surface area (Å²) < 4.78 is 18.6. The zero-order valence-electron chi connectivity index (χ0n) is 14.0. The van der Waals surface area contributed by atoms with E-state index in [1.165, 1.54) is 6.07 Å². The van der Waals surface area contributed by atoms with Gasteiger partial charge in [-0.1, -0.05) is 19.1 Å². The Labute approximate surface area is 155 Å². The summed E-state index contributed by atoms with van der Waals surface area (Å²) in [6.07, 6.45) is 0.620. The smallest absolute Gasteiger partial charge is 0.191 e. The molecule has 136 valence electrons. The number of carboxylic acids is 1. The number of anilines is 1. The zero-order valence-corrected chi connectivity index (χ0v) is 14.8. The van der Waals surface area contributed by atoms with Crippen LogP contribution in [0.3, 0.4) is 0 Å². The number of halogens is 1. The lowest BCUT2D eigenvalue weighted by atomic mass is 10.1. The van der Waals surface area contributed by atoms with E-state index in [1.54, 1.807) is 42.5 Å². The number of carboxylic acid groups (broad SMARTS) is 1. The average molecular weight is 374 g/mol. The highest BCUT2D eigenvalue weighted by Gasteiger charge is 2.05. The lowest BCUT2D eigenvalue weighted by Crippen LogP contribution is -2.28. The molecule has 6 nitrogen and oxygen atoms in total. The lowest BCUT2D eigenvalue weighted by molar-refractivity contribution is -0.307. The average Bonchev–Trinajstić information content (AvgIpc) is 2.63. The van der Waals surface area contributed by atoms with Crippen molar-refractivity contribution in [2.24, 2.45) is 5.10 Å². The van der Waals surface area contributed by atoms with Gasteiger partial charge in [0.1, 0.15) is 18.2 Å². The number of para-hydroxylation sites is 1. The van der Waals surface area contributed by atoms with E-state index in [0.29, 0.717) is 17.9 Å². The molecule has 2 aromatic rings. The van der Waals surface area contributed by atoms with Crippen LogP contribution in [0.5, 0.6) is 5.75 Å². The molecule has 2 N–H and O–H groups in total. The molecule has 2 aromatic carbocycles. The van der Waals surface area contributed by atoms with Crippen molar-refractivity contribution in [3.05, 3.63) is 59.9 Å². The molecule has 26 heavy (non-hydrogen) atoms. The minimum atomic E-state index is -1.29. The number of hydrogen-bond acceptors (Lipinski definition) is 5. The predicted molar refractivity (Wildman–Crippen MR) is 99.5 cm³/mol. The number of carbonyl (C=O) groups excluding carboxylic acids is 1. The fraction of sp³-hybridized carbons (Fsp3) is 0.167. The van der Waals surface area contributed by atoms with Crippen molar-refractivity contribution < 1.29 is 19.0 Å². The van der Waals surface area contributed by atoms with Crippen LogP contribution in [0.25, 0.3) is 0 Å². The van der Waals surface area contributed by atoms with E-state index in [4.69, 9.17) is 17.0 Å². The number of nitrogens with zero attached hydrogens (tertiary/aromatic N) is 1. The van der Waals surface area contributed by atoms with E-state index >= 15 is 0 Å². The first-order valence-electron chi connectivity index (χ1n) is 7.80. The highest BCUT2D eigenvalue weighted by molar-refractivity contribution is 7.80. The third-order valence-electron chi connectivity index (χ3n) is 3.29. The Kier molecular flexibility index (Phi) is 7.04. The second kappa shape index (κ2) is 9.47. The highest BCUT2D eigenvalue weighted by Crippen LogP contribution is 2.14. The third kappa shape index (κ3) is 5.82. The van der Waals surface area contributed by atoms with Gasteiger partial charge in [-0.2, -0.15) is 5.10 Å². The normalized spacial score (nSPS) is 10.9. The number of ether oxygens (including phenoxy) is 1. The summed E-state index contributed by atoms with van der Waals surface area (Å²) in [5.41, 5.74) is 4.48. The molecule has 8 heteroatoms. The Bertz CT molecular complexity index is 810. The molecule has 0 saturated heterocycles. The summed E-state index contributed by atoms with van der Waals surface area (Å²) >= 11 is 5.11. The van der Waals surface area contributed by atoms with Gasteiger partial charge in [0, 0.05) is 0 Å². The van der Waals surface area contributed by atoms with Crippen molar-refractivity contribution in [3.63, 3.8) is 0 Å². The summed E-state index contributed by atoms with van der Waals surface area (Å²) in [4.78, 5) is 10.4. The van der Waals surface area contributed by atoms with Gasteiger partial charge in [-0.3, -0.25) is 5.43 Å². The first kappa shape index (κ1) is 19.3. The van der Waals surface area contributed by atoms with Crippen molar-refractivity contribution in [1.82, 2.24) is 5.43 Å². The summed E-state index contributed by atoms with van der Waals surface area (Å²) in [5.74, 6) is -1.29. The molecule has 0 aliphatic heterocycles. The Balaban J connectivity index is 1.99. The minimum absolute atomic E-state index is 0.162. The summed E-state index contributed by atoms with van der Waals surface area (Å²) in [6, 6.07) is 13.0. The first-order chi connectivity index (χ1) is 12.5. The van der Waals surface area contributed by atoms with Crippen LogP contribution in [0.2, 0.25) is 0 Å². The van der Waals surface area contributed by atoms with Crippen LogP contribution in [-0.4, -0.2) is 23.4 Å². The van der Waals surface area contributed by atoms with E-state index in [2.05, 4.69) is 15.8 Å². The molecule has 2 rings (SSSR count). The Hall–Kier alpha value is -3.00. The Morgan fingerprint density at radius 1 is 1.23 bits per heavy atom. The van der Waals surface area contributed by atoms with Gasteiger partial charge in [0.15, 0.2) is 5.11 Å². The number of carbonyl (C=O) groups is 1. The van der Waals surface area contributed by atoms with Gasteiger partial charge >= 0.3 is 0 Å². The van der Waals surface area contributed by atoms with Gasteiger partial charge in [-0.25, -0.2) is 4.39 Å². The standard InChI is InChI=1S/C18H18FN3O3S/c1-2-15(12-7-9-13(10-8-12)25-11-17(23)24)21-22-18(26)20-16-6-4-3-5-14(16)19/h3-10H,2,11H2,1H3,(H,23,24)(H2,20,22,26)/p-1/b21-15-. The second-order valence-corrected chi connectivity index (χ2v) is 5.55. The number of hydrazone groups is 1. The van der Waals surface area contributed by atoms with Crippen molar-refractivity contribution in [2.75, 3.05) is 11.9 Å². The molecule has 0 heterocycles. The highest BCUT2D eigenvalue weighted by atomic mass is 32.1.